The maximum atomic E-state index is 9.55. The Bertz CT molecular complexity index is 1890. The monoisotopic (exact) mass is 884 g/mol. The number of nitrogens with zero attached hydrogens (tertiary/aromatic N) is 3. The minimum absolute atomic E-state index is 0.432. The number of carbonyl (C=O) groups is 6. The van der Waals surface area contributed by atoms with E-state index in [-0.39, 0.29) is 0 Å². The Labute approximate surface area is 361 Å². The second-order valence-corrected chi connectivity index (χ2v) is 14.6. The molecule has 0 radical (unpaired) electrons. The number of benzene rings is 3. The number of hydrogen-bond acceptors (Lipinski definition) is 12. The molecule has 0 spiro atoms. The van der Waals surface area contributed by atoms with Crippen LogP contribution in [-0.4, -0.2) is 135 Å². The lowest BCUT2D eigenvalue weighted by atomic mass is 10.2. The van der Waals surface area contributed by atoms with Crippen LogP contribution >= 0.6 is 23.4 Å². The van der Waals surface area contributed by atoms with E-state index in [4.69, 9.17) is 47.0 Å². The molecular formula is C42H49ClN4O13S. The summed E-state index contributed by atoms with van der Waals surface area (Å²) in [6.07, 6.45) is 4.47. The van der Waals surface area contributed by atoms with E-state index >= 15 is 0 Å². The summed E-state index contributed by atoms with van der Waals surface area (Å²) in [6, 6.07) is 23.6. The van der Waals surface area contributed by atoms with Gasteiger partial charge in [0.1, 0.15) is 12.4 Å². The van der Waals surface area contributed by atoms with Gasteiger partial charge in [0.2, 0.25) is 0 Å². The van der Waals surface area contributed by atoms with Crippen molar-refractivity contribution in [1.29, 1.82) is 0 Å². The Morgan fingerprint density at radius 2 is 1.10 bits per heavy atom. The first-order chi connectivity index (χ1) is 28.9. The molecule has 0 unspecified atom stereocenters. The van der Waals surface area contributed by atoms with Gasteiger partial charge in [-0.05, 0) is 81.4 Å². The summed E-state index contributed by atoms with van der Waals surface area (Å²) >= 11 is 8.21. The molecule has 2 aliphatic rings. The van der Waals surface area contributed by atoms with E-state index in [1.165, 1.54) is 21.2 Å². The van der Waals surface area contributed by atoms with Crippen LogP contribution in [0.3, 0.4) is 0 Å². The molecule has 0 bridgehead atoms. The van der Waals surface area contributed by atoms with Gasteiger partial charge in [-0.25, -0.2) is 28.8 Å². The van der Waals surface area contributed by atoms with Gasteiger partial charge in [0, 0.05) is 102 Å². The van der Waals surface area contributed by atoms with Gasteiger partial charge < -0.3 is 50.5 Å². The SMILES string of the molecule is CC(C)Nc1ccc(OCCN2CCN(CCCN3c4ccccc4Sc4ccc(Cl)cc43)CC2)cc1.O=C(O)C=CC(=O)O.O=C(O)C=CC(=O)O.O=C(O)C=CC(=O)O. The minimum Gasteiger partial charge on any atom is -0.492 e. The zero-order chi connectivity index (χ0) is 45.3. The summed E-state index contributed by atoms with van der Waals surface area (Å²) in [4.78, 5) is 67.5. The Morgan fingerprint density at radius 1 is 0.639 bits per heavy atom. The van der Waals surface area contributed by atoms with E-state index in [1.807, 2.05) is 17.8 Å². The first kappa shape index (κ1) is 50.8. The van der Waals surface area contributed by atoms with Gasteiger partial charge in [-0.15, -0.1) is 0 Å². The topological polar surface area (TPSA) is 255 Å². The third-order valence-corrected chi connectivity index (χ3v) is 9.37. The molecule has 328 valence electrons. The molecule has 2 aliphatic heterocycles. The summed E-state index contributed by atoms with van der Waals surface area (Å²) in [6.45, 7) is 12.5. The molecule has 0 amide bonds. The van der Waals surface area contributed by atoms with Crippen molar-refractivity contribution in [3.05, 3.63) is 108 Å². The molecule has 0 aromatic heterocycles. The van der Waals surface area contributed by atoms with Gasteiger partial charge in [0.25, 0.3) is 0 Å². The van der Waals surface area contributed by atoms with Crippen molar-refractivity contribution in [2.45, 2.75) is 36.1 Å². The number of rotatable bonds is 16. The van der Waals surface area contributed by atoms with Crippen LogP contribution in [-0.2, 0) is 28.8 Å². The number of ether oxygens (including phenoxy) is 1. The van der Waals surface area contributed by atoms with Crippen LogP contribution in [0.15, 0.2) is 113 Å². The second-order valence-electron chi connectivity index (χ2n) is 13.1. The highest BCUT2D eigenvalue weighted by atomic mass is 35.5. The highest BCUT2D eigenvalue weighted by Gasteiger charge is 2.24. The molecule has 7 N–H and O–H groups in total. The number of halogens is 1. The number of carboxylic acids is 6. The highest BCUT2D eigenvalue weighted by Crippen LogP contribution is 2.48. The molecule has 1 saturated heterocycles. The predicted molar refractivity (Wildman–Crippen MR) is 230 cm³/mol. The smallest absolute Gasteiger partial charge is 0.328 e. The van der Waals surface area contributed by atoms with Crippen LogP contribution < -0.4 is 15.0 Å². The summed E-state index contributed by atoms with van der Waals surface area (Å²) < 4.78 is 5.99. The van der Waals surface area contributed by atoms with Crippen molar-refractivity contribution in [2.75, 3.05) is 62.6 Å². The van der Waals surface area contributed by atoms with E-state index in [0.29, 0.717) is 42.5 Å². The lowest BCUT2D eigenvalue weighted by Crippen LogP contribution is -2.47. The predicted octanol–water partition coefficient (Wildman–Crippen LogP) is 5.99. The van der Waals surface area contributed by atoms with Gasteiger partial charge in [-0.2, -0.15) is 0 Å². The largest absolute Gasteiger partial charge is 0.492 e. The molecular weight excluding hydrogens is 836 g/mol. The first-order valence-corrected chi connectivity index (χ1v) is 19.8. The normalized spacial score (nSPS) is 13.4. The average molecular weight is 885 g/mol. The van der Waals surface area contributed by atoms with Gasteiger partial charge in [-0.3, -0.25) is 4.90 Å². The van der Waals surface area contributed by atoms with Crippen LogP contribution in [0.1, 0.15) is 20.3 Å². The number of anilines is 3. The van der Waals surface area contributed by atoms with Crippen molar-refractivity contribution in [2.24, 2.45) is 0 Å². The lowest BCUT2D eigenvalue weighted by Gasteiger charge is -2.36. The minimum atomic E-state index is -1.26. The van der Waals surface area contributed by atoms with Crippen LogP contribution in [0.2, 0.25) is 5.02 Å². The van der Waals surface area contributed by atoms with E-state index in [9.17, 15) is 28.8 Å². The summed E-state index contributed by atoms with van der Waals surface area (Å²) in [7, 11) is 0. The Balaban J connectivity index is 0.000000435. The number of nitrogens with one attached hydrogen (secondary N) is 1. The Kier molecular flexibility index (Phi) is 22.8. The molecule has 3 aromatic carbocycles. The third-order valence-electron chi connectivity index (χ3n) is 8.00. The van der Waals surface area contributed by atoms with Gasteiger partial charge in [0.05, 0.1) is 11.4 Å². The molecule has 0 atom stereocenters. The van der Waals surface area contributed by atoms with Gasteiger partial charge in [0.15, 0.2) is 0 Å². The number of carboxylic acid groups (broad SMARTS) is 6. The lowest BCUT2D eigenvalue weighted by molar-refractivity contribution is -0.134. The molecule has 61 heavy (non-hydrogen) atoms. The van der Waals surface area contributed by atoms with Crippen LogP contribution in [0, 0.1) is 0 Å². The van der Waals surface area contributed by atoms with Crippen LogP contribution in [0.25, 0.3) is 0 Å². The molecule has 1 fully saturated rings. The molecule has 17 nitrogen and oxygen atoms in total. The molecule has 19 heteroatoms. The van der Waals surface area contributed by atoms with Crippen molar-refractivity contribution < 1.29 is 64.1 Å². The Hall–Kier alpha value is -6.34. The molecule has 5 rings (SSSR count). The number of piperazine rings is 1. The first-order valence-electron chi connectivity index (χ1n) is 18.6. The molecule has 2 heterocycles. The fraction of sp³-hybridized carbons (Fsp3) is 0.286. The number of hydrogen-bond donors (Lipinski definition) is 7. The van der Waals surface area contributed by atoms with Gasteiger partial charge in [-0.1, -0.05) is 35.5 Å². The second kappa shape index (κ2) is 27.4. The van der Waals surface area contributed by atoms with E-state index in [1.54, 1.807) is 0 Å². The van der Waals surface area contributed by atoms with Gasteiger partial charge >= 0.3 is 35.8 Å². The quantitative estimate of drug-likeness (QED) is 0.0816. The van der Waals surface area contributed by atoms with Crippen LogP contribution in [0.4, 0.5) is 17.1 Å². The number of aliphatic carboxylic acids is 6. The van der Waals surface area contributed by atoms with Crippen LogP contribution in [0.5, 0.6) is 5.75 Å². The zero-order valence-electron chi connectivity index (χ0n) is 33.4. The van der Waals surface area contributed by atoms with Crippen molar-refractivity contribution in [3.8, 4) is 5.75 Å². The standard InChI is InChI=1S/C30H37ClN4OS.3C4H4O4/c1-23(2)32-25-9-11-26(12-10-25)36-21-20-34-18-16-33(17-19-34)14-5-15-35-27-6-3-4-7-29(27)37-30-13-8-24(31)22-28(30)35;3*5-3(6)1-2-4(7)8/h3-4,6-13,22-23,32H,5,14-21H2,1-2H3;3*1-2H,(H,5,6)(H,7,8). The van der Waals surface area contributed by atoms with E-state index < -0.39 is 35.8 Å². The molecule has 0 saturated carbocycles. The maximum Gasteiger partial charge on any atom is 0.328 e. The van der Waals surface area contributed by atoms with Crippen molar-refractivity contribution in [3.63, 3.8) is 0 Å². The highest BCUT2D eigenvalue weighted by molar-refractivity contribution is 7.99. The fourth-order valence-electron chi connectivity index (χ4n) is 5.43. The van der Waals surface area contributed by atoms with E-state index in [0.717, 1.165) is 75.3 Å². The summed E-state index contributed by atoms with van der Waals surface area (Å²) in [5, 5.41) is 51.1. The number of para-hydroxylation sites is 1. The van der Waals surface area contributed by atoms with Crippen molar-refractivity contribution in [1.82, 2.24) is 9.80 Å². The summed E-state index contributed by atoms with van der Waals surface area (Å²) in [5.74, 6) is -6.60. The number of fused-ring (bicyclic) bond motifs is 2. The molecule has 3 aromatic rings. The third kappa shape index (κ3) is 22.0. The van der Waals surface area contributed by atoms with Crippen molar-refractivity contribution >= 4 is 76.2 Å². The average Bonchev–Trinajstić information content (AvgIpc) is 3.20. The molecule has 0 aliphatic carbocycles. The zero-order valence-corrected chi connectivity index (χ0v) is 35.0. The Morgan fingerprint density at radius 3 is 1.57 bits per heavy atom. The maximum absolute atomic E-state index is 9.55. The summed E-state index contributed by atoms with van der Waals surface area (Å²) in [5.41, 5.74) is 3.65. The van der Waals surface area contributed by atoms with E-state index in [2.05, 4.69) is 94.5 Å². The fourth-order valence-corrected chi connectivity index (χ4v) is 6.68.